The number of halogens is 1. The number of rotatable bonds is 5. The Morgan fingerprint density at radius 3 is 2.39 bits per heavy atom. The van der Waals surface area contributed by atoms with E-state index in [0.29, 0.717) is 24.1 Å². The first-order valence-corrected chi connectivity index (χ1v) is 9.00. The maximum atomic E-state index is 12.8. The summed E-state index contributed by atoms with van der Waals surface area (Å²) in [4.78, 5) is 12.3. The summed E-state index contributed by atoms with van der Waals surface area (Å²) in [6.45, 7) is 2.13. The van der Waals surface area contributed by atoms with Crippen molar-refractivity contribution < 1.29 is 17.6 Å². The molecule has 4 nitrogen and oxygen atoms in total. The minimum atomic E-state index is -3.36. The van der Waals surface area contributed by atoms with E-state index in [9.17, 15) is 17.6 Å². The Kier molecular flexibility index (Phi) is 5.15. The lowest BCUT2D eigenvalue weighted by molar-refractivity contribution is 0.0953. The normalized spacial score (nSPS) is 11.3. The molecule has 0 heterocycles. The zero-order valence-electron chi connectivity index (χ0n) is 13.0. The molecule has 0 unspecified atom stereocenters. The molecule has 2 aromatic carbocycles. The Labute approximate surface area is 135 Å². The SMILES string of the molecule is Cc1ccc(S(C)(=O)=O)cc1C(=O)NCCc1ccc(F)cc1. The monoisotopic (exact) mass is 335 g/mol. The Bertz CT molecular complexity index is 814. The smallest absolute Gasteiger partial charge is 0.251 e. The van der Waals surface area contributed by atoms with Crippen LogP contribution < -0.4 is 5.32 Å². The summed E-state index contributed by atoms with van der Waals surface area (Å²) in [6, 6.07) is 10.6. The van der Waals surface area contributed by atoms with Gasteiger partial charge < -0.3 is 5.32 Å². The first-order valence-electron chi connectivity index (χ1n) is 7.11. The van der Waals surface area contributed by atoms with Gasteiger partial charge in [0, 0.05) is 18.4 Å². The van der Waals surface area contributed by atoms with Crippen LogP contribution in [-0.2, 0) is 16.3 Å². The van der Waals surface area contributed by atoms with Crippen LogP contribution in [0.1, 0.15) is 21.5 Å². The van der Waals surface area contributed by atoms with E-state index < -0.39 is 9.84 Å². The number of benzene rings is 2. The van der Waals surface area contributed by atoms with Crippen LogP contribution in [0.5, 0.6) is 0 Å². The largest absolute Gasteiger partial charge is 0.352 e. The van der Waals surface area contributed by atoms with Gasteiger partial charge in [-0.25, -0.2) is 12.8 Å². The Morgan fingerprint density at radius 1 is 1.13 bits per heavy atom. The van der Waals surface area contributed by atoms with Gasteiger partial charge in [-0.1, -0.05) is 18.2 Å². The third kappa shape index (κ3) is 4.63. The summed E-state index contributed by atoms with van der Waals surface area (Å²) in [7, 11) is -3.36. The van der Waals surface area contributed by atoms with Crippen molar-refractivity contribution in [1.82, 2.24) is 5.32 Å². The van der Waals surface area contributed by atoms with Crippen molar-refractivity contribution in [2.75, 3.05) is 12.8 Å². The van der Waals surface area contributed by atoms with Crippen LogP contribution in [0, 0.1) is 12.7 Å². The molecule has 122 valence electrons. The van der Waals surface area contributed by atoms with Crippen molar-refractivity contribution >= 4 is 15.7 Å². The molecule has 0 aromatic heterocycles. The number of carbonyl (C=O) groups excluding carboxylic acids is 1. The number of amides is 1. The van der Waals surface area contributed by atoms with Crippen molar-refractivity contribution in [2.45, 2.75) is 18.2 Å². The maximum absolute atomic E-state index is 12.8. The number of nitrogens with one attached hydrogen (secondary N) is 1. The standard InChI is InChI=1S/C17H18FNO3S/c1-12-3-8-15(23(2,21)22)11-16(12)17(20)19-10-9-13-4-6-14(18)7-5-13/h3-8,11H,9-10H2,1-2H3,(H,19,20). The van der Waals surface area contributed by atoms with E-state index in [1.807, 2.05) is 0 Å². The number of hydrogen-bond donors (Lipinski definition) is 1. The van der Waals surface area contributed by atoms with Gasteiger partial charge in [-0.3, -0.25) is 4.79 Å². The lowest BCUT2D eigenvalue weighted by Gasteiger charge is -2.09. The molecule has 0 radical (unpaired) electrons. The van der Waals surface area contributed by atoms with Crippen LogP contribution in [0.25, 0.3) is 0 Å². The lowest BCUT2D eigenvalue weighted by Crippen LogP contribution is -2.26. The highest BCUT2D eigenvalue weighted by Gasteiger charge is 2.14. The average Bonchev–Trinajstić information content (AvgIpc) is 2.48. The molecule has 0 aliphatic rings. The van der Waals surface area contributed by atoms with Crippen molar-refractivity contribution in [2.24, 2.45) is 0 Å². The molecule has 23 heavy (non-hydrogen) atoms. The molecule has 0 spiro atoms. The summed E-state index contributed by atoms with van der Waals surface area (Å²) >= 11 is 0. The highest BCUT2D eigenvalue weighted by Crippen LogP contribution is 2.15. The summed E-state index contributed by atoms with van der Waals surface area (Å²) < 4.78 is 36.0. The minimum absolute atomic E-state index is 0.117. The summed E-state index contributed by atoms with van der Waals surface area (Å²) in [5.74, 6) is -0.624. The van der Waals surface area contributed by atoms with Crippen LogP contribution in [0.3, 0.4) is 0 Å². The van der Waals surface area contributed by atoms with E-state index in [4.69, 9.17) is 0 Å². The first-order chi connectivity index (χ1) is 10.8. The molecule has 0 atom stereocenters. The van der Waals surface area contributed by atoms with E-state index in [2.05, 4.69) is 5.32 Å². The predicted octanol–water partition coefficient (Wildman–Crippen LogP) is 2.51. The van der Waals surface area contributed by atoms with E-state index in [1.165, 1.54) is 24.3 Å². The molecule has 0 bridgehead atoms. The third-order valence-corrected chi connectivity index (χ3v) is 4.60. The molecular formula is C17H18FNO3S. The summed E-state index contributed by atoms with van der Waals surface area (Å²) in [5, 5.41) is 2.75. The molecule has 2 aromatic rings. The molecule has 0 saturated carbocycles. The fraction of sp³-hybridized carbons (Fsp3) is 0.235. The number of sulfone groups is 1. The molecular weight excluding hydrogens is 317 g/mol. The molecule has 0 aliphatic heterocycles. The van der Waals surface area contributed by atoms with Crippen LogP contribution in [-0.4, -0.2) is 27.1 Å². The Morgan fingerprint density at radius 2 is 1.78 bits per heavy atom. The molecule has 2 rings (SSSR count). The van der Waals surface area contributed by atoms with Gasteiger partial charge in [0.2, 0.25) is 0 Å². The fourth-order valence-electron chi connectivity index (χ4n) is 2.14. The van der Waals surface area contributed by atoms with Crippen molar-refractivity contribution in [1.29, 1.82) is 0 Å². The molecule has 1 amide bonds. The summed E-state index contributed by atoms with van der Waals surface area (Å²) in [6.07, 6.45) is 1.67. The molecule has 0 aliphatic carbocycles. The van der Waals surface area contributed by atoms with E-state index in [-0.39, 0.29) is 16.6 Å². The second-order valence-electron chi connectivity index (χ2n) is 5.38. The Balaban J connectivity index is 2.04. The van der Waals surface area contributed by atoms with Crippen molar-refractivity contribution in [3.63, 3.8) is 0 Å². The number of carbonyl (C=O) groups is 1. The van der Waals surface area contributed by atoms with Crippen molar-refractivity contribution in [3.8, 4) is 0 Å². The molecule has 0 fully saturated rings. The average molecular weight is 335 g/mol. The predicted molar refractivity (Wildman–Crippen MR) is 86.7 cm³/mol. The highest BCUT2D eigenvalue weighted by atomic mass is 32.2. The van der Waals surface area contributed by atoms with Gasteiger partial charge in [-0.15, -0.1) is 0 Å². The topological polar surface area (TPSA) is 63.2 Å². The van der Waals surface area contributed by atoms with Gasteiger partial charge in [0.05, 0.1) is 4.90 Å². The lowest BCUT2D eigenvalue weighted by atomic mass is 10.1. The van der Waals surface area contributed by atoms with E-state index >= 15 is 0 Å². The number of hydrogen-bond acceptors (Lipinski definition) is 3. The van der Waals surface area contributed by atoms with Crippen LogP contribution in [0.4, 0.5) is 4.39 Å². The number of aryl methyl sites for hydroxylation is 1. The highest BCUT2D eigenvalue weighted by molar-refractivity contribution is 7.90. The van der Waals surface area contributed by atoms with Crippen molar-refractivity contribution in [3.05, 3.63) is 65.0 Å². The maximum Gasteiger partial charge on any atom is 0.251 e. The minimum Gasteiger partial charge on any atom is -0.352 e. The van der Waals surface area contributed by atoms with Gasteiger partial charge in [0.25, 0.3) is 5.91 Å². The molecule has 0 saturated heterocycles. The van der Waals surface area contributed by atoms with Crippen LogP contribution in [0.15, 0.2) is 47.4 Å². The van der Waals surface area contributed by atoms with E-state index in [1.54, 1.807) is 25.1 Å². The second-order valence-corrected chi connectivity index (χ2v) is 7.40. The third-order valence-electron chi connectivity index (χ3n) is 3.49. The second kappa shape index (κ2) is 6.91. The van der Waals surface area contributed by atoms with Gasteiger partial charge in [0.1, 0.15) is 5.82 Å². The van der Waals surface area contributed by atoms with E-state index in [0.717, 1.165) is 11.8 Å². The summed E-state index contributed by atoms with van der Waals surface area (Å²) in [5.41, 5.74) is 1.96. The van der Waals surface area contributed by atoms with Gasteiger partial charge >= 0.3 is 0 Å². The molecule has 6 heteroatoms. The van der Waals surface area contributed by atoms with Crippen LogP contribution in [0.2, 0.25) is 0 Å². The zero-order valence-corrected chi connectivity index (χ0v) is 13.8. The fourth-order valence-corrected chi connectivity index (χ4v) is 2.79. The van der Waals surface area contributed by atoms with Crippen LogP contribution >= 0.6 is 0 Å². The van der Waals surface area contributed by atoms with Gasteiger partial charge in [-0.2, -0.15) is 0 Å². The zero-order chi connectivity index (χ0) is 17.0. The van der Waals surface area contributed by atoms with Gasteiger partial charge in [-0.05, 0) is 48.7 Å². The Hall–Kier alpha value is -2.21. The molecule has 1 N–H and O–H groups in total. The first kappa shape index (κ1) is 17.1. The quantitative estimate of drug-likeness (QED) is 0.913. The van der Waals surface area contributed by atoms with Gasteiger partial charge in [0.15, 0.2) is 9.84 Å².